The summed E-state index contributed by atoms with van der Waals surface area (Å²) in [5, 5.41) is 11.9. The van der Waals surface area contributed by atoms with Crippen LogP contribution >= 0.6 is 0 Å². The average Bonchev–Trinajstić information content (AvgIpc) is 2.81. The summed E-state index contributed by atoms with van der Waals surface area (Å²) >= 11 is 0. The SMILES string of the molecule is CCCN(CCC)CCn1cc(CNC(C)(C)C)nn1. The van der Waals surface area contributed by atoms with Gasteiger partial charge in [-0.3, -0.25) is 4.68 Å². The molecule has 0 spiro atoms. The highest BCUT2D eigenvalue weighted by atomic mass is 15.4. The van der Waals surface area contributed by atoms with Gasteiger partial charge in [-0.2, -0.15) is 0 Å². The number of nitrogens with one attached hydrogen (secondary N) is 1. The van der Waals surface area contributed by atoms with E-state index in [-0.39, 0.29) is 5.54 Å². The van der Waals surface area contributed by atoms with Crippen LogP contribution in [0.25, 0.3) is 0 Å². The Morgan fingerprint density at radius 1 is 1.15 bits per heavy atom. The van der Waals surface area contributed by atoms with Gasteiger partial charge in [-0.05, 0) is 46.7 Å². The minimum absolute atomic E-state index is 0.114. The number of rotatable bonds is 9. The van der Waals surface area contributed by atoms with Gasteiger partial charge in [0.05, 0.1) is 12.2 Å². The van der Waals surface area contributed by atoms with Crippen molar-refractivity contribution in [3.63, 3.8) is 0 Å². The molecule has 0 atom stereocenters. The van der Waals surface area contributed by atoms with Crippen molar-refractivity contribution >= 4 is 0 Å². The maximum absolute atomic E-state index is 4.22. The van der Waals surface area contributed by atoms with Crippen molar-refractivity contribution in [3.05, 3.63) is 11.9 Å². The smallest absolute Gasteiger partial charge is 0.0965 e. The largest absolute Gasteiger partial charge is 0.306 e. The van der Waals surface area contributed by atoms with Crippen molar-refractivity contribution in [3.8, 4) is 0 Å². The van der Waals surface area contributed by atoms with E-state index in [1.807, 2.05) is 4.68 Å². The van der Waals surface area contributed by atoms with Gasteiger partial charge in [0.2, 0.25) is 0 Å². The maximum Gasteiger partial charge on any atom is 0.0965 e. The molecule has 1 heterocycles. The summed E-state index contributed by atoms with van der Waals surface area (Å²) in [6.07, 6.45) is 4.46. The zero-order valence-electron chi connectivity index (χ0n) is 13.8. The molecule has 0 unspecified atom stereocenters. The molecule has 0 saturated heterocycles. The molecule has 20 heavy (non-hydrogen) atoms. The van der Waals surface area contributed by atoms with Crippen LogP contribution < -0.4 is 5.32 Å². The first-order chi connectivity index (χ1) is 9.44. The Balaban J connectivity index is 2.39. The summed E-state index contributed by atoms with van der Waals surface area (Å²) in [6.45, 7) is 16.0. The van der Waals surface area contributed by atoms with Crippen LogP contribution in [0, 0.1) is 0 Å². The third-order valence-electron chi connectivity index (χ3n) is 3.11. The standard InChI is InChI=1S/C15H31N5/c1-6-8-19(9-7-2)10-11-20-13-14(17-18-20)12-16-15(3,4)5/h13,16H,6-12H2,1-5H3. The lowest BCUT2D eigenvalue weighted by molar-refractivity contribution is 0.258. The Bertz CT molecular complexity index is 361. The predicted octanol–water partition coefficient (Wildman–Crippen LogP) is 2.29. The predicted molar refractivity (Wildman–Crippen MR) is 83.6 cm³/mol. The van der Waals surface area contributed by atoms with Crippen LogP contribution in [-0.4, -0.2) is 45.1 Å². The summed E-state index contributed by atoms with van der Waals surface area (Å²) in [4.78, 5) is 2.49. The Kier molecular flexibility index (Phi) is 7.16. The highest BCUT2D eigenvalue weighted by Gasteiger charge is 2.10. The summed E-state index contributed by atoms with van der Waals surface area (Å²) in [5.41, 5.74) is 1.13. The van der Waals surface area contributed by atoms with E-state index in [4.69, 9.17) is 0 Å². The first-order valence-electron chi connectivity index (χ1n) is 7.81. The molecular weight excluding hydrogens is 250 g/mol. The van der Waals surface area contributed by atoms with Gasteiger partial charge in [0, 0.05) is 24.8 Å². The average molecular weight is 281 g/mol. The first kappa shape index (κ1) is 17.1. The molecule has 116 valence electrons. The molecule has 5 nitrogen and oxygen atoms in total. The minimum Gasteiger partial charge on any atom is -0.306 e. The fourth-order valence-electron chi connectivity index (χ4n) is 2.10. The molecule has 0 aliphatic carbocycles. The van der Waals surface area contributed by atoms with Gasteiger partial charge in [0.15, 0.2) is 0 Å². The molecule has 0 bridgehead atoms. The molecule has 0 saturated carbocycles. The summed E-state index contributed by atoms with van der Waals surface area (Å²) < 4.78 is 1.96. The van der Waals surface area contributed by atoms with E-state index in [1.54, 1.807) is 0 Å². The fraction of sp³-hybridized carbons (Fsp3) is 0.867. The zero-order valence-corrected chi connectivity index (χ0v) is 13.8. The fourth-order valence-corrected chi connectivity index (χ4v) is 2.10. The van der Waals surface area contributed by atoms with Crippen molar-refractivity contribution in [1.82, 2.24) is 25.2 Å². The van der Waals surface area contributed by atoms with E-state index < -0.39 is 0 Å². The molecule has 1 N–H and O–H groups in total. The van der Waals surface area contributed by atoms with Crippen LogP contribution in [0.2, 0.25) is 0 Å². The van der Waals surface area contributed by atoms with Gasteiger partial charge < -0.3 is 10.2 Å². The molecule has 0 aliphatic heterocycles. The van der Waals surface area contributed by atoms with Gasteiger partial charge in [-0.25, -0.2) is 0 Å². The second-order valence-electron chi connectivity index (χ2n) is 6.42. The van der Waals surface area contributed by atoms with E-state index in [0.717, 1.165) is 25.3 Å². The van der Waals surface area contributed by atoms with Crippen LogP contribution in [-0.2, 0) is 13.1 Å². The number of hydrogen-bond donors (Lipinski definition) is 1. The normalized spacial score (nSPS) is 12.3. The van der Waals surface area contributed by atoms with Crippen LogP contribution in [0.1, 0.15) is 53.2 Å². The molecule has 1 aromatic rings. The molecule has 0 amide bonds. The van der Waals surface area contributed by atoms with Gasteiger partial charge >= 0.3 is 0 Å². The number of aromatic nitrogens is 3. The number of hydrogen-bond acceptors (Lipinski definition) is 4. The van der Waals surface area contributed by atoms with Crippen LogP contribution in [0.15, 0.2) is 6.20 Å². The van der Waals surface area contributed by atoms with E-state index in [9.17, 15) is 0 Å². The zero-order chi connectivity index (χ0) is 15.0. The summed E-state index contributed by atoms with van der Waals surface area (Å²) in [6, 6.07) is 0. The van der Waals surface area contributed by atoms with E-state index >= 15 is 0 Å². The molecule has 0 aromatic carbocycles. The lowest BCUT2D eigenvalue weighted by Crippen LogP contribution is -2.35. The monoisotopic (exact) mass is 281 g/mol. The van der Waals surface area contributed by atoms with Gasteiger partial charge in [0.1, 0.15) is 0 Å². The third kappa shape index (κ3) is 7.01. The maximum atomic E-state index is 4.22. The summed E-state index contributed by atoms with van der Waals surface area (Å²) in [5.74, 6) is 0. The van der Waals surface area contributed by atoms with Crippen molar-refractivity contribution in [2.45, 2.75) is 66.1 Å². The lowest BCUT2D eigenvalue weighted by Gasteiger charge is -2.20. The lowest BCUT2D eigenvalue weighted by atomic mass is 10.1. The third-order valence-corrected chi connectivity index (χ3v) is 3.11. The van der Waals surface area contributed by atoms with Crippen LogP contribution in [0.4, 0.5) is 0 Å². The Morgan fingerprint density at radius 2 is 1.80 bits per heavy atom. The van der Waals surface area contributed by atoms with E-state index in [0.29, 0.717) is 0 Å². The molecular formula is C15H31N5. The van der Waals surface area contributed by atoms with Crippen molar-refractivity contribution in [2.24, 2.45) is 0 Å². The Hall–Kier alpha value is -0.940. The summed E-state index contributed by atoms with van der Waals surface area (Å²) in [7, 11) is 0. The van der Waals surface area contributed by atoms with Crippen LogP contribution in [0.3, 0.4) is 0 Å². The number of nitrogens with zero attached hydrogens (tertiary/aromatic N) is 4. The molecule has 5 heteroatoms. The van der Waals surface area contributed by atoms with Crippen molar-refractivity contribution < 1.29 is 0 Å². The minimum atomic E-state index is 0.114. The van der Waals surface area contributed by atoms with E-state index in [2.05, 4.69) is 61.3 Å². The quantitative estimate of drug-likeness (QED) is 0.754. The van der Waals surface area contributed by atoms with Gasteiger partial charge in [-0.15, -0.1) is 5.10 Å². The molecule has 1 rings (SSSR count). The highest BCUT2D eigenvalue weighted by Crippen LogP contribution is 2.02. The van der Waals surface area contributed by atoms with Crippen molar-refractivity contribution in [1.29, 1.82) is 0 Å². The Labute approximate surface area is 123 Å². The molecule has 0 fully saturated rings. The highest BCUT2D eigenvalue weighted by molar-refractivity contribution is 4.93. The second kappa shape index (κ2) is 8.37. The Morgan fingerprint density at radius 3 is 2.35 bits per heavy atom. The molecule has 0 radical (unpaired) electrons. The molecule has 0 aliphatic rings. The first-order valence-corrected chi connectivity index (χ1v) is 7.81. The van der Waals surface area contributed by atoms with Crippen molar-refractivity contribution in [2.75, 3.05) is 19.6 Å². The van der Waals surface area contributed by atoms with Crippen LogP contribution in [0.5, 0.6) is 0 Å². The van der Waals surface area contributed by atoms with Gasteiger partial charge in [-0.1, -0.05) is 19.1 Å². The topological polar surface area (TPSA) is 46.0 Å². The van der Waals surface area contributed by atoms with E-state index in [1.165, 1.54) is 25.9 Å². The molecule has 1 aromatic heterocycles. The second-order valence-corrected chi connectivity index (χ2v) is 6.42. The van der Waals surface area contributed by atoms with Gasteiger partial charge in [0.25, 0.3) is 0 Å².